The minimum Gasteiger partial charge on any atom is -0.320 e. The molecule has 0 aliphatic carbocycles. The summed E-state index contributed by atoms with van der Waals surface area (Å²) in [4.78, 5) is 0. The van der Waals surface area contributed by atoms with Gasteiger partial charge in [-0.25, -0.2) is 13.1 Å². The zero-order valence-electron chi connectivity index (χ0n) is 8.39. The SMILES string of the molecule is CNCCCS(=O)(=O)NCc1nn[nH]n1. The molecule has 0 radical (unpaired) electrons. The van der Waals surface area contributed by atoms with Crippen LogP contribution in [0.15, 0.2) is 0 Å². The highest BCUT2D eigenvalue weighted by molar-refractivity contribution is 7.89. The molecule has 0 spiro atoms. The number of nitrogens with one attached hydrogen (secondary N) is 3. The Morgan fingerprint density at radius 2 is 2.27 bits per heavy atom. The maximum Gasteiger partial charge on any atom is 0.212 e. The molecule has 0 aliphatic rings. The number of aromatic amines is 1. The Labute approximate surface area is 87.9 Å². The minimum absolute atomic E-state index is 0.0678. The molecule has 1 aromatic rings. The van der Waals surface area contributed by atoms with E-state index in [9.17, 15) is 8.42 Å². The van der Waals surface area contributed by atoms with Crippen LogP contribution in [0.1, 0.15) is 12.2 Å². The second kappa shape index (κ2) is 5.73. The summed E-state index contributed by atoms with van der Waals surface area (Å²) in [5, 5.41) is 15.7. The van der Waals surface area contributed by atoms with Crippen LogP contribution in [0.3, 0.4) is 0 Å². The van der Waals surface area contributed by atoms with Gasteiger partial charge in [-0.2, -0.15) is 5.21 Å². The van der Waals surface area contributed by atoms with E-state index in [1.54, 1.807) is 7.05 Å². The molecule has 1 aromatic heterocycles. The van der Waals surface area contributed by atoms with Gasteiger partial charge in [-0.15, -0.1) is 10.2 Å². The third-order valence-corrected chi connectivity index (χ3v) is 3.09. The summed E-state index contributed by atoms with van der Waals surface area (Å²) >= 11 is 0. The number of nitrogens with zero attached hydrogens (tertiary/aromatic N) is 3. The molecule has 0 amide bonds. The van der Waals surface area contributed by atoms with Gasteiger partial charge in [0, 0.05) is 0 Å². The average molecular weight is 234 g/mol. The molecule has 3 N–H and O–H groups in total. The quantitative estimate of drug-likeness (QED) is 0.481. The topological polar surface area (TPSA) is 113 Å². The third kappa shape index (κ3) is 4.81. The van der Waals surface area contributed by atoms with Crippen molar-refractivity contribution < 1.29 is 8.42 Å². The first-order valence-electron chi connectivity index (χ1n) is 4.48. The first kappa shape index (κ1) is 12.0. The van der Waals surface area contributed by atoms with Gasteiger partial charge in [0.25, 0.3) is 0 Å². The van der Waals surface area contributed by atoms with E-state index in [1.165, 1.54) is 0 Å². The summed E-state index contributed by atoms with van der Waals surface area (Å²) in [5.41, 5.74) is 0. The van der Waals surface area contributed by atoms with E-state index < -0.39 is 10.0 Å². The van der Waals surface area contributed by atoms with Crippen LogP contribution in [0.5, 0.6) is 0 Å². The first-order valence-corrected chi connectivity index (χ1v) is 6.13. The highest BCUT2D eigenvalue weighted by Gasteiger charge is 2.10. The van der Waals surface area contributed by atoms with E-state index in [0.29, 0.717) is 18.8 Å². The molecule has 9 heteroatoms. The van der Waals surface area contributed by atoms with Crippen LogP contribution >= 0.6 is 0 Å². The Morgan fingerprint density at radius 3 is 2.87 bits per heavy atom. The van der Waals surface area contributed by atoms with Crippen LogP contribution in [-0.2, 0) is 16.6 Å². The van der Waals surface area contributed by atoms with Crippen molar-refractivity contribution in [3.05, 3.63) is 5.82 Å². The molecule has 0 fully saturated rings. The monoisotopic (exact) mass is 234 g/mol. The van der Waals surface area contributed by atoms with Crippen molar-refractivity contribution in [2.24, 2.45) is 0 Å². The number of hydrogen-bond acceptors (Lipinski definition) is 6. The van der Waals surface area contributed by atoms with Crippen molar-refractivity contribution in [1.29, 1.82) is 0 Å². The summed E-state index contributed by atoms with van der Waals surface area (Å²) < 4.78 is 25.1. The Hall–Kier alpha value is -1.06. The van der Waals surface area contributed by atoms with Crippen molar-refractivity contribution in [3.63, 3.8) is 0 Å². The third-order valence-electron chi connectivity index (χ3n) is 1.68. The van der Waals surface area contributed by atoms with Crippen LogP contribution in [0.2, 0.25) is 0 Å². The summed E-state index contributed by atoms with van der Waals surface area (Å²) in [5.74, 6) is 0.415. The van der Waals surface area contributed by atoms with Gasteiger partial charge in [-0.3, -0.25) is 0 Å². The van der Waals surface area contributed by atoms with Gasteiger partial charge in [-0.05, 0) is 20.0 Å². The lowest BCUT2D eigenvalue weighted by molar-refractivity contribution is 0.575. The van der Waals surface area contributed by atoms with Gasteiger partial charge in [0.15, 0.2) is 5.82 Å². The smallest absolute Gasteiger partial charge is 0.212 e. The molecule has 0 aliphatic heterocycles. The lowest BCUT2D eigenvalue weighted by Crippen LogP contribution is -2.27. The number of sulfonamides is 1. The largest absolute Gasteiger partial charge is 0.320 e. The zero-order valence-corrected chi connectivity index (χ0v) is 9.21. The van der Waals surface area contributed by atoms with Crippen molar-refractivity contribution in [2.75, 3.05) is 19.3 Å². The lowest BCUT2D eigenvalue weighted by Gasteiger charge is -2.03. The molecule has 0 aromatic carbocycles. The van der Waals surface area contributed by atoms with E-state index >= 15 is 0 Å². The van der Waals surface area contributed by atoms with Gasteiger partial charge in [0.05, 0.1) is 12.3 Å². The molecular weight excluding hydrogens is 220 g/mol. The van der Waals surface area contributed by atoms with Gasteiger partial charge >= 0.3 is 0 Å². The number of aromatic nitrogens is 4. The Kier molecular flexibility index (Phi) is 4.59. The second-order valence-electron chi connectivity index (χ2n) is 2.93. The summed E-state index contributed by atoms with van der Waals surface area (Å²) in [6.45, 7) is 0.738. The highest BCUT2D eigenvalue weighted by atomic mass is 32.2. The van der Waals surface area contributed by atoms with Gasteiger partial charge in [0.1, 0.15) is 0 Å². The van der Waals surface area contributed by atoms with E-state index in [2.05, 4.69) is 30.7 Å². The molecule has 0 saturated heterocycles. The molecule has 8 nitrogen and oxygen atoms in total. The predicted octanol–water partition coefficient (Wildman–Crippen LogP) is -1.77. The zero-order chi connectivity index (χ0) is 11.1. The van der Waals surface area contributed by atoms with E-state index in [-0.39, 0.29) is 12.3 Å². The fourth-order valence-electron chi connectivity index (χ4n) is 0.943. The van der Waals surface area contributed by atoms with Gasteiger partial charge < -0.3 is 5.32 Å². The molecular formula is C6H14N6O2S. The van der Waals surface area contributed by atoms with E-state index in [4.69, 9.17) is 0 Å². The summed E-state index contributed by atoms with van der Waals surface area (Å²) in [6, 6.07) is 0. The van der Waals surface area contributed by atoms with Crippen molar-refractivity contribution >= 4 is 10.0 Å². The molecule has 86 valence electrons. The van der Waals surface area contributed by atoms with Crippen LogP contribution in [0.25, 0.3) is 0 Å². The molecule has 1 heterocycles. The highest BCUT2D eigenvalue weighted by Crippen LogP contribution is 1.91. The van der Waals surface area contributed by atoms with Crippen LogP contribution < -0.4 is 10.0 Å². The van der Waals surface area contributed by atoms with Crippen LogP contribution in [0, 0.1) is 0 Å². The standard InChI is InChI=1S/C6H14N6O2S/c1-7-3-2-4-15(13,14)8-5-6-9-11-12-10-6/h7-8H,2-5H2,1H3,(H,9,10,11,12). The molecule has 0 unspecified atom stereocenters. The van der Waals surface area contributed by atoms with Gasteiger partial charge in [-0.1, -0.05) is 5.21 Å². The maximum atomic E-state index is 11.4. The molecule has 1 rings (SSSR count). The molecule has 0 atom stereocenters. The van der Waals surface area contributed by atoms with Crippen LogP contribution in [-0.4, -0.2) is 48.4 Å². The molecule has 0 bridgehead atoms. The van der Waals surface area contributed by atoms with Crippen molar-refractivity contribution in [3.8, 4) is 0 Å². The fraction of sp³-hybridized carbons (Fsp3) is 0.833. The molecule has 15 heavy (non-hydrogen) atoms. The predicted molar refractivity (Wildman–Crippen MR) is 53.3 cm³/mol. The van der Waals surface area contributed by atoms with Crippen LogP contribution in [0.4, 0.5) is 0 Å². The average Bonchev–Trinajstić information content (AvgIpc) is 2.68. The number of tetrazole rings is 1. The fourth-order valence-corrected chi connectivity index (χ4v) is 1.96. The van der Waals surface area contributed by atoms with Crippen molar-refractivity contribution in [1.82, 2.24) is 30.7 Å². The normalized spacial score (nSPS) is 11.8. The second-order valence-corrected chi connectivity index (χ2v) is 4.85. The van der Waals surface area contributed by atoms with E-state index in [1.807, 2.05) is 0 Å². The Morgan fingerprint density at radius 1 is 1.47 bits per heavy atom. The Bertz CT molecular complexity index is 361. The molecule has 0 saturated carbocycles. The Balaban J connectivity index is 2.30. The summed E-state index contributed by atoms with van der Waals surface area (Å²) in [7, 11) is -1.46. The van der Waals surface area contributed by atoms with Gasteiger partial charge in [0.2, 0.25) is 10.0 Å². The maximum absolute atomic E-state index is 11.4. The minimum atomic E-state index is -3.24. The number of H-pyrrole nitrogens is 1. The number of rotatable bonds is 7. The summed E-state index contributed by atoms with van der Waals surface area (Å²) in [6.07, 6.45) is 0.568. The number of hydrogen-bond donors (Lipinski definition) is 3. The lowest BCUT2D eigenvalue weighted by atomic mass is 10.5. The first-order chi connectivity index (χ1) is 7.14. The van der Waals surface area contributed by atoms with E-state index in [0.717, 1.165) is 0 Å². The van der Waals surface area contributed by atoms with Crippen molar-refractivity contribution in [2.45, 2.75) is 13.0 Å².